The van der Waals surface area contributed by atoms with E-state index in [0.717, 1.165) is 26.3 Å². The highest BCUT2D eigenvalue weighted by Gasteiger charge is 2.16. The van der Waals surface area contributed by atoms with Gasteiger partial charge in [0, 0.05) is 28.5 Å². The summed E-state index contributed by atoms with van der Waals surface area (Å²) < 4.78 is 11.6. The first kappa shape index (κ1) is 21.3. The van der Waals surface area contributed by atoms with E-state index in [0.29, 0.717) is 24.6 Å². The van der Waals surface area contributed by atoms with Crippen molar-refractivity contribution in [2.75, 3.05) is 20.8 Å². The fourth-order valence-corrected chi connectivity index (χ4v) is 4.20. The molecule has 1 heterocycles. The molecule has 0 aliphatic heterocycles. The monoisotopic (exact) mass is 474 g/mol. The summed E-state index contributed by atoms with van der Waals surface area (Å²) >= 11 is 5.04. The second-order valence-electron chi connectivity index (χ2n) is 6.43. The fraction of sp³-hybridized carbons (Fsp3) is 0.273. The average Bonchev–Trinajstić information content (AvgIpc) is 3.20. The van der Waals surface area contributed by atoms with Crippen LogP contribution in [0, 0.1) is 0 Å². The lowest BCUT2D eigenvalue weighted by molar-refractivity contribution is -0.130. The Morgan fingerprint density at radius 3 is 2.62 bits per heavy atom. The average molecular weight is 475 g/mol. The summed E-state index contributed by atoms with van der Waals surface area (Å²) in [5, 5.41) is 2.87. The van der Waals surface area contributed by atoms with Gasteiger partial charge in [0.15, 0.2) is 11.5 Å². The van der Waals surface area contributed by atoms with Gasteiger partial charge in [0.25, 0.3) is 0 Å². The van der Waals surface area contributed by atoms with Crippen LogP contribution in [0.2, 0.25) is 0 Å². The molecular weight excluding hydrogens is 452 g/mol. The molecule has 0 atom stereocenters. The normalized spacial score (nSPS) is 10.6. The van der Waals surface area contributed by atoms with Crippen molar-refractivity contribution >= 4 is 33.2 Å². The van der Waals surface area contributed by atoms with Gasteiger partial charge in [0.05, 0.1) is 26.3 Å². The highest BCUT2D eigenvalue weighted by Crippen LogP contribution is 2.29. The minimum atomic E-state index is 0.0494. The van der Waals surface area contributed by atoms with Crippen LogP contribution in [0.4, 0.5) is 0 Å². The number of hydrogen-bond donors (Lipinski definition) is 0. The van der Waals surface area contributed by atoms with Gasteiger partial charge in [-0.2, -0.15) is 0 Å². The van der Waals surface area contributed by atoms with Crippen molar-refractivity contribution in [2.45, 2.75) is 19.9 Å². The fourth-order valence-electron chi connectivity index (χ4n) is 2.98. The van der Waals surface area contributed by atoms with Crippen LogP contribution < -0.4 is 9.47 Å². The second kappa shape index (κ2) is 9.89. The third-order valence-electron chi connectivity index (χ3n) is 4.51. The molecule has 0 aliphatic rings. The van der Waals surface area contributed by atoms with E-state index in [2.05, 4.69) is 20.9 Å². The van der Waals surface area contributed by atoms with Gasteiger partial charge in [-0.3, -0.25) is 4.79 Å². The van der Waals surface area contributed by atoms with Crippen molar-refractivity contribution in [1.29, 1.82) is 0 Å². The summed E-state index contributed by atoms with van der Waals surface area (Å²) in [4.78, 5) is 19.3. The highest BCUT2D eigenvalue weighted by atomic mass is 79.9. The van der Waals surface area contributed by atoms with Gasteiger partial charge in [0.1, 0.15) is 5.01 Å². The Balaban J connectivity index is 1.69. The first-order valence-electron chi connectivity index (χ1n) is 9.23. The SMILES string of the molecule is CCN(Cc1ccc(OC)c(OC)c1)C(=O)Cc1csc(-c2cccc(Br)c2)n1. The maximum atomic E-state index is 12.9. The molecule has 1 aromatic heterocycles. The molecule has 0 N–H and O–H groups in total. The summed E-state index contributed by atoms with van der Waals surface area (Å²) in [5.74, 6) is 1.38. The van der Waals surface area contributed by atoms with E-state index in [-0.39, 0.29) is 12.3 Å². The standard InChI is InChI=1S/C22H23BrN2O3S/c1-4-25(13-15-8-9-19(27-2)20(10-15)28-3)21(26)12-18-14-29-22(24-18)16-6-5-7-17(23)11-16/h5-11,14H,4,12-13H2,1-3H3. The van der Waals surface area contributed by atoms with Crippen molar-refractivity contribution in [1.82, 2.24) is 9.88 Å². The third kappa shape index (κ3) is 5.36. The predicted octanol–water partition coefficient (Wildman–Crippen LogP) is 5.18. The van der Waals surface area contributed by atoms with Gasteiger partial charge in [-0.05, 0) is 36.8 Å². The number of amides is 1. The number of carbonyl (C=O) groups excluding carboxylic acids is 1. The van der Waals surface area contributed by atoms with E-state index in [9.17, 15) is 4.79 Å². The largest absolute Gasteiger partial charge is 0.493 e. The number of hydrogen-bond acceptors (Lipinski definition) is 5. The molecule has 0 saturated carbocycles. The van der Waals surface area contributed by atoms with Crippen LogP contribution in [0.3, 0.4) is 0 Å². The quantitative estimate of drug-likeness (QED) is 0.451. The predicted molar refractivity (Wildman–Crippen MR) is 120 cm³/mol. The van der Waals surface area contributed by atoms with Gasteiger partial charge < -0.3 is 14.4 Å². The maximum Gasteiger partial charge on any atom is 0.228 e. The molecule has 3 aromatic rings. The third-order valence-corrected chi connectivity index (χ3v) is 5.94. The second-order valence-corrected chi connectivity index (χ2v) is 8.20. The molecule has 7 heteroatoms. The zero-order chi connectivity index (χ0) is 20.8. The Morgan fingerprint density at radius 2 is 1.93 bits per heavy atom. The molecule has 0 aliphatic carbocycles. The lowest BCUT2D eigenvalue weighted by Crippen LogP contribution is -2.31. The molecule has 5 nitrogen and oxygen atoms in total. The topological polar surface area (TPSA) is 51.7 Å². The van der Waals surface area contributed by atoms with Crippen LogP contribution in [-0.4, -0.2) is 36.6 Å². The minimum Gasteiger partial charge on any atom is -0.493 e. The summed E-state index contributed by atoms with van der Waals surface area (Å²) in [6.45, 7) is 3.11. The number of halogens is 1. The number of thiazole rings is 1. The number of methoxy groups -OCH3 is 2. The van der Waals surface area contributed by atoms with Gasteiger partial charge >= 0.3 is 0 Å². The molecular formula is C22H23BrN2O3S. The van der Waals surface area contributed by atoms with Crippen LogP contribution >= 0.6 is 27.3 Å². The number of aromatic nitrogens is 1. The van der Waals surface area contributed by atoms with Crippen LogP contribution in [0.15, 0.2) is 52.3 Å². The highest BCUT2D eigenvalue weighted by molar-refractivity contribution is 9.10. The first-order valence-corrected chi connectivity index (χ1v) is 10.9. The van der Waals surface area contributed by atoms with Crippen molar-refractivity contribution < 1.29 is 14.3 Å². The van der Waals surface area contributed by atoms with Crippen molar-refractivity contribution in [3.05, 3.63) is 63.6 Å². The molecule has 1 amide bonds. The molecule has 3 rings (SSSR count). The van der Waals surface area contributed by atoms with E-state index in [4.69, 9.17) is 9.47 Å². The number of rotatable bonds is 8. The molecule has 0 bridgehead atoms. The molecule has 2 aromatic carbocycles. The van der Waals surface area contributed by atoms with E-state index >= 15 is 0 Å². The van der Waals surface area contributed by atoms with Crippen molar-refractivity contribution in [3.8, 4) is 22.1 Å². The number of nitrogens with zero attached hydrogens (tertiary/aromatic N) is 2. The van der Waals surface area contributed by atoms with Gasteiger partial charge in [-0.25, -0.2) is 4.98 Å². The molecule has 0 saturated heterocycles. The number of benzene rings is 2. The lowest BCUT2D eigenvalue weighted by Gasteiger charge is -2.21. The Morgan fingerprint density at radius 1 is 1.14 bits per heavy atom. The van der Waals surface area contributed by atoms with E-state index < -0.39 is 0 Å². The Labute approximate surface area is 183 Å². The first-order chi connectivity index (χ1) is 14.0. The van der Waals surface area contributed by atoms with E-state index in [1.165, 1.54) is 0 Å². The summed E-state index contributed by atoms with van der Waals surface area (Å²) in [5.41, 5.74) is 2.83. The van der Waals surface area contributed by atoms with Crippen LogP contribution in [0.1, 0.15) is 18.2 Å². The van der Waals surface area contributed by atoms with E-state index in [1.54, 1.807) is 25.6 Å². The Bertz CT molecular complexity index is 990. The maximum absolute atomic E-state index is 12.9. The zero-order valence-corrected chi connectivity index (χ0v) is 19.0. The smallest absolute Gasteiger partial charge is 0.228 e. The van der Waals surface area contributed by atoms with Crippen molar-refractivity contribution in [2.24, 2.45) is 0 Å². The summed E-state index contributed by atoms with van der Waals surface area (Å²) in [6, 6.07) is 13.7. The number of ether oxygens (including phenoxy) is 2. The lowest BCUT2D eigenvalue weighted by atomic mass is 10.1. The minimum absolute atomic E-state index is 0.0494. The zero-order valence-electron chi connectivity index (χ0n) is 16.6. The molecule has 0 radical (unpaired) electrons. The van der Waals surface area contributed by atoms with Crippen LogP contribution in [-0.2, 0) is 17.8 Å². The van der Waals surface area contributed by atoms with Gasteiger partial charge in [-0.1, -0.05) is 34.1 Å². The summed E-state index contributed by atoms with van der Waals surface area (Å²) in [7, 11) is 3.21. The number of carbonyl (C=O) groups is 1. The van der Waals surface area contributed by atoms with E-state index in [1.807, 2.05) is 59.7 Å². The summed E-state index contributed by atoms with van der Waals surface area (Å²) in [6.07, 6.45) is 0.283. The molecule has 152 valence electrons. The van der Waals surface area contributed by atoms with Gasteiger partial charge in [0.2, 0.25) is 5.91 Å². The molecule has 29 heavy (non-hydrogen) atoms. The van der Waals surface area contributed by atoms with Crippen LogP contribution in [0.25, 0.3) is 10.6 Å². The van der Waals surface area contributed by atoms with Crippen LogP contribution in [0.5, 0.6) is 11.5 Å². The molecule has 0 fully saturated rings. The molecule has 0 spiro atoms. The molecule has 0 unspecified atom stereocenters. The Kier molecular flexibility index (Phi) is 7.28. The van der Waals surface area contributed by atoms with Gasteiger partial charge in [-0.15, -0.1) is 11.3 Å². The number of likely N-dealkylation sites (N-methyl/N-ethyl adjacent to an activating group) is 1. The Hall–Kier alpha value is -2.38. The van der Waals surface area contributed by atoms with Crippen molar-refractivity contribution in [3.63, 3.8) is 0 Å².